The van der Waals surface area contributed by atoms with Crippen molar-refractivity contribution in [2.45, 2.75) is 19.4 Å². The van der Waals surface area contributed by atoms with Gasteiger partial charge >= 0.3 is 0 Å². The van der Waals surface area contributed by atoms with Crippen LogP contribution in [0.2, 0.25) is 0 Å². The van der Waals surface area contributed by atoms with E-state index in [2.05, 4.69) is 25.4 Å². The Morgan fingerprint density at radius 2 is 1.85 bits per heavy atom. The summed E-state index contributed by atoms with van der Waals surface area (Å²) >= 11 is 0. The summed E-state index contributed by atoms with van der Waals surface area (Å²) in [6.45, 7) is 11.2. The summed E-state index contributed by atoms with van der Waals surface area (Å²) in [6, 6.07) is 10.1. The molecule has 3 nitrogen and oxygen atoms in total. The van der Waals surface area contributed by atoms with Crippen LogP contribution in [0, 0.1) is 0 Å². The molecule has 108 valence electrons. The fraction of sp³-hybridized carbons (Fsp3) is 0.353. The smallest absolute Gasteiger partial charge is 0.234 e. The van der Waals surface area contributed by atoms with Crippen molar-refractivity contribution in [2.75, 3.05) is 19.6 Å². The average Bonchev–Trinajstić information content (AvgIpc) is 2.46. The van der Waals surface area contributed by atoms with Gasteiger partial charge in [0, 0.05) is 13.1 Å². The van der Waals surface area contributed by atoms with Gasteiger partial charge in [0.2, 0.25) is 5.91 Å². The van der Waals surface area contributed by atoms with Gasteiger partial charge in [-0.15, -0.1) is 13.2 Å². The SMILES string of the molecule is C=CCN(CC=C)CC(=O)NC(CC)c1ccccc1. The maximum Gasteiger partial charge on any atom is 0.234 e. The molecule has 1 aromatic carbocycles. The molecule has 1 amide bonds. The van der Waals surface area contributed by atoms with Crippen molar-refractivity contribution in [2.24, 2.45) is 0 Å². The van der Waals surface area contributed by atoms with Crippen LogP contribution in [0.1, 0.15) is 24.9 Å². The standard InChI is InChI=1S/C17H24N2O/c1-4-12-19(13-5-2)14-17(20)18-16(6-3)15-10-8-7-9-11-15/h4-5,7-11,16H,1-2,6,12-14H2,3H3,(H,18,20). The number of carbonyl (C=O) groups is 1. The summed E-state index contributed by atoms with van der Waals surface area (Å²) in [4.78, 5) is 14.1. The maximum absolute atomic E-state index is 12.1. The normalized spacial score (nSPS) is 11.9. The number of nitrogens with one attached hydrogen (secondary N) is 1. The molecule has 1 rings (SSSR count). The van der Waals surface area contributed by atoms with Crippen LogP contribution in [0.4, 0.5) is 0 Å². The number of carbonyl (C=O) groups excluding carboxylic acids is 1. The Hall–Kier alpha value is -1.87. The molecule has 0 aliphatic carbocycles. The van der Waals surface area contributed by atoms with Gasteiger partial charge < -0.3 is 5.32 Å². The Morgan fingerprint density at radius 3 is 2.35 bits per heavy atom. The maximum atomic E-state index is 12.1. The first kappa shape index (κ1) is 16.2. The zero-order valence-corrected chi connectivity index (χ0v) is 12.2. The van der Waals surface area contributed by atoms with Crippen LogP contribution in [-0.4, -0.2) is 30.4 Å². The van der Waals surface area contributed by atoms with E-state index in [0.717, 1.165) is 12.0 Å². The van der Waals surface area contributed by atoms with E-state index in [4.69, 9.17) is 0 Å². The predicted octanol–water partition coefficient (Wildman–Crippen LogP) is 2.93. The molecule has 0 bridgehead atoms. The van der Waals surface area contributed by atoms with Crippen molar-refractivity contribution in [3.8, 4) is 0 Å². The van der Waals surface area contributed by atoms with E-state index < -0.39 is 0 Å². The predicted molar refractivity (Wildman–Crippen MR) is 84.5 cm³/mol. The van der Waals surface area contributed by atoms with Gasteiger partial charge in [-0.05, 0) is 12.0 Å². The first-order valence-electron chi connectivity index (χ1n) is 6.99. The van der Waals surface area contributed by atoms with Crippen molar-refractivity contribution in [1.82, 2.24) is 10.2 Å². The number of benzene rings is 1. The second-order valence-corrected chi connectivity index (χ2v) is 4.71. The Labute approximate surface area is 122 Å². The molecule has 0 fully saturated rings. The van der Waals surface area contributed by atoms with E-state index in [-0.39, 0.29) is 11.9 Å². The van der Waals surface area contributed by atoms with Gasteiger partial charge in [0.15, 0.2) is 0 Å². The van der Waals surface area contributed by atoms with Gasteiger partial charge in [0.05, 0.1) is 12.6 Å². The highest BCUT2D eigenvalue weighted by molar-refractivity contribution is 5.78. The Balaban J connectivity index is 2.58. The Kier molecular flexibility index (Phi) is 7.36. The molecule has 3 heteroatoms. The Morgan fingerprint density at radius 1 is 1.25 bits per heavy atom. The summed E-state index contributed by atoms with van der Waals surface area (Å²) in [5.41, 5.74) is 1.14. The molecule has 0 aromatic heterocycles. The second-order valence-electron chi connectivity index (χ2n) is 4.71. The fourth-order valence-electron chi connectivity index (χ4n) is 2.12. The lowest BCUT2D eigenvalue weighted by Gasteiger charge is -2.22. The third-order valence-corrected chi connectivity index (χ3v) is 3.09. The number of rotatable bonds is 9. The van der Waals surface area contributed by atoms with E-state index >= 15 is 0 Å². The van der Waals surface area contributed by atoms with E-state index in [1.807, 2.05) is 35.2 Å². The lowest BCUT2D eigenvalue weighted by atomic mass is 10.0. The zero-order chi connectivity index (χ0) is 14.8. The van der Waals surface area contributed by atoms with Gasteiger partial charge in [0.1, 0.15) is 0 Å². The number of hydrogen-bond donors (Lipinski definition) is 1. The third kappa shape index (κ3) is 5.41. The first-order valence-corrected chi connectivity index (χ1v) is 6.99. The molecule has 0 radical (unpaired) electrons. The average molecular weight is 272 g/mol. The molecule has 1 aromatic rings. The molecule has 0 heterocycles. The van der Waals surface area contributed by atoms with Crippen LogP contribution in [0.5, 0.6) is 0 Å². The van der Waals surface area contributed by atoms with E-state index in [9.17, 15) is 4.79 Å². The van der Waals surface area contributed by atoms with Crippen molar-refractivity contribution in [3.05, 3.63) is 61.2 Å². The highest BCUT2D eigenvalue weighted by Gasteiger charge is 2.14. The van der Waals surface area contributed by atoms with Crippen molar-refractivity contribution >= 4 is 5.91 Å². The molecular weight excluding hydrogens is 248 g/mol. The van der Waals surface area contributed by atoms with Gasteiger partial charge in [0.25, 0.3) is 0 Å². The second kappa shape index (κ2) is 9.10. The molecule has 1 unspecified atom stereocenters. The molecule has 1 N–H and O–H groups in total. The van der Waals surface area contributed by atoms with Gasteiger partial charge in [-0.3, -0.25) is 9.69 Å². The van der Waals surface area contributed by atoms with Crippen LogP contribution in [0.3, 0.4) is 0 Å². The number of amides is 1. The van der Waals surface area contributed by atoms with Crippen LogP contribution in [0.25, 0.3) is 0 Å². The lowest BCUT2D eigenvalue weighted by molar-refractivity contribution is -0.122. The monoisotopic (exact) mass is 272 g/mol. The number of nitrogens with zero attached hydrogens (tertiary/aromatic N) is 1. The van der Waals surface area contributed by atoms with Crippen molar-refractivity contribution in [1.29, 1.82) is 0 Å². The minimum atomic E-state index is 0.0319. The van der Waals surface area contributed by atoms with Gasteiger partial charge in [-0.25, -0.2) is 0 Å². The highest BCUT2D eigenvalue weighted by atomic mass is 16.2. The summed E-state index contributed by atoms with van der Waals surface area (Å²) in [6.07, 6.45) is 4.47. The summed E-state index contributed by atoms with van der Waals surface area (Å²) < 4.78 is 0. The highest BCUT2D eigenvalue weighted by Crippen LogP contribution is 2.15. The number of hydrogen-bond acceptors (Lipinski definition) is 2. The molecule has 20 heavy (non-hydrogen) atoms. The quantitative estimate of drug-likeness (QED) is 0.701. The summed E-state index contributed by atoms with van der Waals surface area (Å²) in [7, 11) is 0. The van der Waals surface area contributed by atoms with Crippen molar-refractivity contribution in [3.63, 3.8) is 0 Å². The molecule has 0 spiro atoms. The fourth-order valence-corrected chi connectivity index (χ4v) is 2.12. The van der Waals surface area contributed by atoms with Crippen LogP contribution in [0.15, 0.2) is 55.6 Å². The molecule has 0 aliphatic heterocycles. The minimum Gasteiger partial charge on any atom is -0.348 e. The molecule has 1 atom stereocenters. The van der Waals surface area contributed by atoms with Crippen LogP contribution >= 0.6 is 0 Å². The van der Waals surface area contributed by atoms with Crippen molar-refractivity contribution < 1.29 is 4.79 Å². The minimum absolute atomic E-state index is 0.0319. The molecular formula is C17H24N2O. The van der Waals surface area contributed by atoms with Gasteiger partial charge in [-0.2, -0.15) is 0 Å². The van der Waals surface area contributed by atoms with Crippen LogP contribution in [-0.2, 0) is 4.79 Å². The third-order valence-electron chi connectivity index (χ3n) is 3.09. The summed E-state index contributed by atoms with van der Waals surface area (Å²) in [5.74, 6) is 0.0319. The van der Waals surface area contributed by atoms with E-state index in [0.29, 0.717) is 19.6 Å². The van der Waals surface area contributed by atoms with Crippen LogP contribution < -0.4 is 5.32 Å². The first-order chi connectivity index (χ1) is 9.71. The van der Waals surface area contributed by atoms with Gasteiger partial charge in [-0.1, -0.05) is 49.4 Å². The molecule has 0 saturated carbocycles. The van der Waals surface area contributed by atoms with E-state index in [1.165, 1.54) is 0 Å². The summed E-state index contributed by atoms with van der Waals surface area (Å²) in [5, 5.41) is 3.08. The topological polar surface area (TPSA) is 32.3 Å². The lowest BCUT2D eigenvalue weighted by Crippen LogP contribution is -2.39. The molecule has 0 saturated heterocycles. The Bertz CT molecular complexity index is 418. The largest absolute Gasteiger partial charge is 0.348 e. The van der Waals surface area contributed by atoms with E-state index in [1.54, 1.807) is 12.2 Å². The zero-order valence-electron chi connectivity index (χ0n) is 12.2. The molecule has 0 aliphatic rings.